The standard InChI is InChI=1S/C21H26ClNO4/c1-12-9-17(10-13(2)20(12)22)27-15(4)21(24)23-14(3)16-7-8-18(25-5)19(11-16)26-6/h7-11,14-15H,1-6H3,(H,23,24)/t14-,15+/m0/s1. The molecule has 0 saturated heterocycles. The van der Waals surface area contributed by atoms with Gasteiger partial charge in [-0.2, -0.15) is 0 Å². The Labute approximate surface area is 165 Å². The van der Waals surface area contributed by atoms with Crippen LogP contribution in [0.5, 0.6) is 17.2 Å². The van der Waals surface area contributed by atoms with E-state index in [-0.39, 0.29) is 11.9 Å². The van der Waals surface area contributed by atoms with Gasteiger partial charge < -0.3 is 19.5 Å². The van der Waals surface area contributed by atoms with E-state index in [4.69, 9.17) is 25.8 Å². The average molecular weight is 392 g/mol. The minimum absolute atomic E-state index is 0.206. The zero-order chi connectivity index (χ0) is 20.1. The molecule has 0 aliphatic rings. The van der Waals surface area contributed by atoms with Crippen LogP contribution < -0.4 is 19.5 Å². The fourth-order valence-corrected chi connectivity index (χ4v) is 2.88. The number of benzene rings is 2. The third kappa shape index (κ3) is 5.07. The van der Waals surface area contributed by atoms with E-state index in [1.165, 1.54) is 0 Å². The summed E-state index contributed by atoms with van der Waals surface area (Å²) < 4.78 is 16.4. The molecule has 27 heavy (non-hydrogen) atoms. The number of methoxy groups -OCH3 is 2. The molecule has 146 valence electrons. The summed E-state index contributed by atoms with van der Waals surface area (Å²) in [5.74, 6) is 1.68. The SMILES string of the molecule is COc1ccc([C@H](C)NC(=O)[C@@H](C)Oc2cc(C)c(Cl)c(C)c2)cc1OC. The van der Waals surface area contributed by atoms with Gasteiger partial charge in [0.1, 0.15) is 5.75 Å². The normalized spacial score (nSPS) is 12.9. The molecule has 6 heteroatoms. The fourth-order valence-electron chi connectivity index (χ4n) is 2.77. The number of carbonyl (C=O) groups excluding carboxylic acids is 1. The van der Waals surface area contributed by atoms with E-state index in [0.29, 0.717) is 22.3 Å². The van der Waals surface area contributed by atoms with Crippen LogP contribution in [0.4, 0.5) is 0 Å². The van der Waals surface area contributed by atoms with E-state index in [1.807, 2.05) is 51.1 Å². The van der Waals surface area contributed by atoms with E-state index in [0.717, 1.165) is 16.7 Å². The summed E-state index contributed by atoms with van der Waals surface area (Å²) in [5, 5.41) is 3.67. The number of aryl methyl sites for hydroxylation is 2. The molecule has 0 bridgehead atoms. The van der Waals surface area contributed by atoms with Crippen molar-refractivity contribution in [2.45, 2.75) is 39.8 Å². The largest absolute Gasteiger partial charge is 0.493 e. The molecule has 0 radical (unpaired) electrons. The maximum absolute atomic E-state index is 12.5. The van der Waals surface area contributed by atoms with Crippen LogP contribution in [0.2, 0.25) is 5.02 Å². The van der Waals surface area contributed by atoms with Gasteiger partial charge in [0, 0.05) is 5.02 Å². The number of nitrogens with one attached hydrogen (secondary N) is 1. The number of ether oxygens (including phenoxy) is 3. The van der Waals surface area contributed by atoms with Crippen LogP contribution in [0, 0.1) is 13.8 Å². The van der Waals surface area contributed by atoms with Gasteiger partial charge in [0.25, 0.3) is 5.91 Å². The van der Waals surface area contributed by atoms with Gasteiger partial charge in [-0.25, -0.2) is 0 Å². The van der Waals surface area contributed by atoms with E-state index in [2.05, 4.69) is 5.32 Å². The van der Waals surface area contributed by atoms with Crippen molar-refractivity contribution < 1.29 is 19.0 Å². The number of hydrogen-bond donors (Lipinski definition) is 1. The second-order valence-corrected chi connectivity index (χ2v) is 6.85. The monoisotopic (exact) mass is 391 g/mol. The molecule has 5 nitrogen and oxygen atoms in total. The Hall–Kier alpha value is -2.40. The van der Waals surface area contributed by atoms with Gasteiger partial charge in [-0.05, 0) is 68.7 Å². The maximum Gasteiger partial charge on any atom is 0.261 e. The first-order valence-corrected chi connectivity index (χ1v) is 9.10. The Kier molecular flexibility index (Phi) is 6.97. The first kappa shape index (κ1) is 20.9. The summed E-state index contributed by atoms with van der Waals surface area (Å²) in [7, 11) is 3.17. The Balaban J connectivity index is 2.05. The molecule has 0 saturated carbocycles. The van der Waals surface area contributed by atoms with Crippen LogP contribution in [0.15, 0.2) is 30.3 Å². The predicted molar refractivity (Wildman–Crippen MR) is 107 cm³/mol. The number of carbonyl (C=O) groups is 1. The Morgan fingerprint density at radius 2 is 1.59 bits per heavy atom. The summed E-state index contributed by atoms with van der Waals surface area (Å²) in [6, 6.07) is 9.01. The van der Waals surface area contributed by atoms with E-state index in [1.54, 1.807) is 21.1 Å². The highest BCUT2D eigenvalue weighted by molar-refractivity contribution is 6.32. The second kappa shape index (κ2) is 9.00. The maximum atomic E-state index is 12.5. The molecular formula is C21H26ClNO4. The minimum atomic E-state index is -0.646. The van der Waals surface area contributed by atoms with Crippen molar-refractivity contribution in [3.8, 4) is 17.2 Å². The molecule has 0 aliphatic carbocycles. The minimum Gasteiger partial charge on any atom is -0.493 e. The number of hydrogen-bond acceptors (Lipinski definition) is 4. The van der Waals surface area contributed by atoms with Gasteiger partial charge in [0.05, 0.1) is 20.3 Å². The van der Waals surface area contributed by atoms with Crippen LogP contribution in [0.1, 0.15) is 36.6 Å². The fraction of sp³-hybridized carbons (Fsp3) is 0.381. The summed E-state index contributed by atoms with van der Waals surface area (Å²) in [5.41, 5.74) is 2.74. The lowest BCUT2D eigenvalue weighted by Gasteiger charge is -2.20. The lowest BCUT2D eigenvalue weighted by Crippen LogP contribution is -2.37. The molecule has 2 rings (SSSR count). The Bertz CT molecular complexity index is 799. The highest BCUT2D eigenvalue weighted by Crippen LogP contribution is 2.30. The summed E-state index contributed by atoms with van der Waals surface area (Å²) in [4.78, 5) is 12.5. The van der Waals surface area contributed by atoms with Crippen molar-refractivity contribution >= 4 is 17.5 Å². The predicted octanol–water partition coefficient (Wildman–Crippen LogP) is 4.62. The highest BCUT2D eigenvalue weighted by atomic mass is 35.5. The van der Waals surface area contributed by atoms with Crippen molar-refractivity contribution in [3.63, 3.8) is 0 Å². The topological polar surface area (TPSA) is 56.8 Å². The van der Waals surface area contributed by atoms with Gasteiger partial charge in [0.15, 0.2) is 17.6 Å². The molecule has 2 atom stereocenters. The van der Waals surface area contributed by atoms with Crippen LogP contribution in [0.25, 0.3) is 0 Å². The van der Waals surface area contributed by atoms with Crippen molar-refractivity contribution in [1.82, 2.24) is 5.32 Å². The lowest BCUT2D eigenvalue weighted by molar-refractivity contribution is -0.127. The zero-order valence-corrected chi connectivity index (χ0v) is 17.3. The van der Waals surface area contributed by atoms with Crippen LogP contribution >= 0.6 is 11.6 Å². The summed E-state index contributed by atoms with van der Waals surface area (Å²) in [6.07, 6.45) is -0.646. The van der Waals surface area contributed by atoms with Crippen molar-refractivity contribution in [2.75, 3.05) is 14.2 Å². The molecule has 1 amide bonds. The van der Waals surface area contributed by atoms with Crippen LogP contribution in [0.3, 0.4) is 0 Å². The zero-order valence-electron chi connectivity index (χ0n) is 16.6. The molecule has 2 aromatic rings. The van der Waals surface area contributed by atoms with E-state index >= 15 is 0 Å². The molecule has 0 fully saturated rings. The summed E-state index contributed by atoms with van der Waals surface area (Å²) >= 11 is 6.18. The van der Waals surface area contributed by atoms with E-state index < -0.39 is 6.10 Å². The second-order valence-electron chi connectivity index (χ2n) is 6.48. The molecule has 0 heterocycles. The molecule has 0 spiro atoms. The van der Waals surface area contributed by atoms with Crippen molar-refractivity contribution in [3.05, 3.63) is 52.0 Å². The first-order valence-electron chi connectivity index (χ1n) is 8.72. The summed E-state index contributed by atoms with van der Waals surface area (Å²) in [6.45, 7) is 7.44. The molecule has 0 aromatic heterocycles. The lowest BCUT2D eigenvalue weighted by atomic mass is 10.1. The van der Waals surface area contributed by atoms with Crippen molar-refractivity contribution in [1.29, 1.82) is 0 Å². The third-order valence-corrected chi connectivity index (χ3v) is 4.95. The Morgan fingerprint density at radius 1 is 1.00 bits per heavy atom. The molecular weight excluding hydrogens is 366 g/mol. The Morgan fingerprint density at radius 3 is 2.15 bits per heavy atom. The smallest absolute Gasteiger partial charge is 0.261 e. The first-order chi connectivity index (χ1) is 12.8. The molecule has 2 aromatic carbocycles. The van der Waals surface area contributed by atoms with Crippen LogP contribution in [-0.4, -0.2) is 26.2 Å². The van der Waals surface area contributed by atoms with Crippen molar-refractivity contribution in [2.24, 2.45) is 0 Å². The van der Waals surface area contributed by atoms with Gasteiger partial charge in [-0.1, -0.05) is 17.7 Å². The third-order valence-electron chi connectivity index (χ3n) is 4.36. The number of amides is 1. The van der Waals surface area contributed by atoms with Gasteiger partial charge in [-0.15, -0.1) is 0 Å². The van der Waals surface area contributed by atoms with Gasteiger partial charge >= 0.3 is 0 Å². The number of halogens is 1. The van der Waals surface area contributed by atoms with Crippen LogP contribution in [-0.2, 0) is 4.79 Å². The van der Waals surface area contributed by atoms with E-state index in [9.17, 15) is 4.79 Å². The molecule has 1 N–H and O–H groups in total. The molecule has 0 unspecified atom stereocenters. The molecule has 0 aliphatic heterocycles. The quantitative estimate of drug-likeness (QED) is 0.748. The highest BCUT2D eigenvalue weighted by Gasteiger charge is 2.19. The van der Waals surface area contributed by atoms with Gasteiger partial charge in [-0.3, -0.25) is 4.79 Å². The average Bonchev–Trinajstić information content (AvgIpc) is 2.65. The van der Waals surface area contributed by atoms with Gasteiger partial charge in [0.2, 0.25) is 0 Å². The number of rotatable bonds is 7.